The molecule has 2 heterocycles. The molecule has 1 N–H and O–H groups in total. The zero-order valence-electron chi connectivity index (χ0n) is 10.5. The van der Waals surface area contributed by atoms with Gasteiger partial charge in [-0.3, -0.25) is 0 Å². The van der Waals surface area contributed by atoms with Crippen LogP contribution in [0.5, 0.6) is 0 Å². The van der Waals surface area contributed by atoms with Crippen molar-refractivity contribution in [3.63, 3.8) is 0 Å². The van der Waals surface area contributed by atoms with E-state index < -0.39 is 5.97 Å². The quantitative estimate of drug-likeness (QED) is 0.826. The highest BCUT2D eigenvalue weighted by molar-refractivity contribution is 5.92. The molecule has 0 fully saturated rings. The van der Waals surface area contributed by atoms with Gasteiger partial charge in [-0.2, -0.15) is 0 Å². The molecular weight excluding hydrogens is 244 g/mol. The van der Waals surface area contributed by atoms with Crippen LogP contribution in [-0.2, 0) is 4.74 Å². The predicted octanol–water partition coefficient (Wildman–Crippen LogP) is 1.47. The molecule has 6 nitrogen and oxygen atoms in total. The lowest BCUT2D eigenvalue weighted by molar-refractivity contribution is 0.0595. The minimum Gasteiger partial charge on any atom is -0.464 e. The van der Waals surface area contributed by atoms with E-state index in [0.717, 1.165) is 18.5 Å². The molecule has 0 radical (unpaired) electrons. The van der Waals surface area contributed by atoms with Crippen LogP contribution in [-0.4, -0.2) is 34.6 Å². The van der Waals surface area contributed by atoms with Crippen molar-refractivity contribution in [2.24, 2.45) is 0 Å². The summed E-state index contributed by atoms with van der Waals surface area (Å²) in [6.45, 7) is 0.775. The molecule has 0 saturated carbocycles. The Bertz CT molecular complexity index is 594. The van der Waals surface area contributed by atoms with Gasteiger partial charge in [0, 0.05) is 6.54 Å². The zero-order valence-corrected chi connectivity index (χ0v) is 10.5. The van der Waals surface area contributed by atoms with E-state index in [0.29, 0.717) is 5.82 Å². The molecule has 19 heavy (non-hydrogen) atoms. The second kappa shape index (κ2) is 4.72. The highest BCUT2D eigenvalue weighted by Gasteiger charge is 2.28. The number of ether oxygens (including phenoxy) is 1. The lowest BCUT2D eigenvalue weighted by Gasteiger charge is -2.25. The highest BCUT2D eigenvalue weighted by Crippen LogP contribution is 2.30. The number of aromatic nitrogens is 3. The summed E-state index contributed by atoms with van der Waals surface area (Å²) in [5.41, 5.74) is 1.40. The summed E-state index contributed by atoms with van der Waals surface area (Å²) in [7, 11) is 1.34. The maximum atomic E-state index is 11.6. The first-order valence-electron chi connectivity index (χ1n) is 6.13. The maximum Gasteiger partial charge on any atom is 0.362 e. The average molecular weight is 258 g/mol. The molecule has 0 spiro atoms. The zero-order chi connectivity index (χ0) is 13.2. The van der Waals surface area contributed by atoms with E-state index >= 15 is 0 Å². The molecule has 0 saturated heterocycles. The molecule has 0 aliphatic carbocycles. The smallest absolute Gasteiger partial charge is 0.362 e. The topological polar surface area (TPSA) is 69.0 Å². The number of nitrogens with one attached hydrogen (secondary N) is 1. The van der Waals surface area contributed by atoms with E-state index in [2.05, 4.69) is 27.8 Å². The molecule has 1 aromatic heterocycles. The molecule has 1 aliphatic rings. The summed E-state index contributed by atoms with van der Waals surface area (Å²) in [6.07, 6.45) is 0.904. The largest absolute Gasteiger partial charge is 0.464 e. The van der Waals surface area contributed by atoms with Gasteiger partial charge in [0.05, 0.1) is 13.2 Å². The van der Waals surface area contributed by atoms with Crippen LogP contribution in [0.2, 0.25) is 0 Å². The number of anilines is 1. The standard InChI is InChI=1S/C13H14N4O2/c1-19-13(18)11-12-14-8-7-10(17(12)16-15-11)9-5-3-2-4-6-9/h2-6,10,14H,7-8H2,1H3. The van der Waals surface area contributed by atoms with Crippen molar-refractivity contribution in [2.45, 2.75) is 12.5 Å². The fourth-order valence-electron chi connectivity index (χ4n) is 2.34. The third kappa shape index (κ3) is 1.95. The number of hydrogen-bond acceptors (Lipinski definition) is 5. The summed E-state index contributed by atoms with van der Waals surface area (Å²) in [6, 6.07) is 10.2. The molecule has 0 bridgehead atoms. The van der Waals surface area contributed by atoms with Crippen molar-refractivity contribution in [1.29, 1.82) is 0 Å². The Labute approximate surface area is 110 Å². The second-order valence-electron chi connectivity index (χ2n) is 4.36. The molecule has 6 heteroatoms. The summed E-state index contributed by atoms with van der Waals surface area (Å²) < 4.78 is 6.46. The van der Waals surface area contributed by atoms with Gasteiger partial charge in [0.15, 0.2) is 5.82 Å². The van der Waals surface area contributed by atoms with Gasteiger partial charge in [-0.25, -0.2) is 9.48 Å². The third-order valence-corrected chi connectivity index (χ3v) is 3.26. The van der Waals surface area contributed by atoms with Crippen molar-refractivity contribution >= 4 is 11.8 Å². The van der Waals surface area contributed by atoms with Gasteiger partial charge in [0.1, 0.15) is 0 Å². The Balaban J connectivity index is 2.02. The Morgan fingerprint density at radius 3 is 2.95 bits per heavy atom. The molecular formula is C13H14N4O2. The van der Waals surface area contributed by atoms with Crippen molar-refractivity contribution in [3.8, 4) is 0 Å². The molecule has 1 aliphatic heterocycles. The van der Waals surface area contributed by atoms with Gasteiger partial charge in [-0.05, 0) is 12.0 Å². The van der Waals surface area contributed by atoms with E-state index in [1.807, 2.05) is 18.2 Å². The number of esters is 1. The van der Waals surface area contributed by atoms with Crippen molar-refractivity contribution in [2.75, 3.05) is 19.0 Å². The number of carbonyl (C=O) groups excluding carboxylic acids is 1. The van der Waals surface area contributed by atoms with Crippen molar-refractivity contribution in [1.82, 2.24) is 15.0 Å². The Morgan fingerprint density at radius 1 is 1.42 bits per heavy atom. The number of methoxy groups -OCH3 is 1. The van der Waals surface area contributed by atoms with Crippen LogP contribution in [0.1, 0.15) is 28.5 Å². The second-order valence-corrected chi connectivity index (χ2v) is 4.36. The summed E-state index contributed by atoms with van der Waals surface area (Å²) in [5, 5.41) is 11.2. The summed E-state index contributed by atoms with van der Waals surface area (Å²) in [5.74, 6) is 0.161. The van der Waals surface area contributed by atoms with Gasteiger partial charge >= 0.3 is 5.97 Å². The van der Waals surface area contributed by atoms with Crippen LogP contribution in [0.15, 0.2) is 30.3 Å². The van der Waals surface area contributed by atoms with E-state index in [9.17, 15) is 4.79 Å². The molecule has 3 rings (SSSR count). The van der Waals surface area contributed by atoms with Crippen molar-refractivity contribution < 1.29 is 9.53 Å². The monoisotopic (exact) mass is 258 g/mol. The van der Waals surface area contributed by atoms with Gasteiger partial charge < -0.3 is 10.1 Å². The van der Waals surface area contributed by atoms with E-state index in [1.54, 1.807) is 4.68 Å². The van der Waals surface area contributed by atoms with Gasteiger partial charge in [0.2, 0.25) is 5.69 Å². The third-order valence-electron chi connectivity index (χ3n) is 3.26. The van der Waals surface area contributed by atoms with E-state index in [4.69, 9.17) is 4.74 Å². The molecule has 1 aromatic carbocycles. The Hall–Kier alpha value is -2.37. The van der Waals surface area contributed by atoms with Crippen LogP contribution in [0.4, 0.5) is 5.82 Å². The number of carbonyl (C=O) groups is 1. The lowest BCUT2D eigenvalue weighted by atomic mass is 10.0. The van der Waals surface area contributed by atoms with Crippen LogP contribution in [0.25, 0.3) is 0 Å². The first-order chi connectivity index (χ1) is 9.31. The first kappa shape index (κ1) is 11.7. The summed E-state index contributed by atoms with van der Waals surface area (Å²) in [4.78, 5) is 11.6. The minimum absolute atomic E-state index is 0.100. The Kier molecular flexibility index (Phi) is 2.91. The molecule has 1 unspecified atom stereocenters. The maximum absolute atomic E-state index is 11.6. The first-order valence-corrected chi connectivity index (χ1v) is 6.13. The van der Waals surface area contributed by atoms with E-state index in [1.165, 1.54) is 7.11 Å². The fourth-order valence-corrected chi connectivity index (χ4v) is 2.34. The lowest BCUT2D eigenvalue weighted by Crippen LogP contribution is -2.25. The van der Waals surface area contributed by atoms with E-state index in [-0.39, 0.29) is 11.7 Å². The number of benzene rings is 1. The number of rotatable bonds is 2. The van der Waals surface area contributed by atoms with Crippen LogP contribution in [0, 0.1) is 0 Å². The molecule has 1 atom stereocenters. The Morgan fingerprint density at radius 2 is 2.21 bits per heavy atom. The van der Waals surface area contributed by atoms with Crippen molar-refractivity contribution in [3.05, 3.63) is 41.6 Å². The van der Waals surface area contributed by atoms with Crippen LogP contribution in [0.3, 0.4) is 0 Å². The number of hydrogen-bond donors (Lipinski definition) is 1. The van der Waals surface area contributed by atoms with Crippen LogP contribution >= 0.6 is 0 Å². The number of nitrogens with zero attached hydrogens (tertiary/aromatic N) is 3. The SMILES string of the molecule is COC(=O)c1nnn2c1NCCC2c1ccccc1. The number of fused-ring (bicyclic) bond motifs is 1. The van der Waals surface area contributed by atoms with Gasteiger partial charge in [0.25, 0.3) is 0 Å². The predicted molar refractivity (Wildman–Crippen MR) is 69.0 cm³/mol. The van der Waals surface area contributed by atoms with Crippen LogP contribution < -0.4 is 5.32 Å². The summed E-state index contributed by atoms with van der Waals surface area (Å²) >= 11 is 0. The molecule has 0 amide bonds. The fraction of sp³-hybridized carbons (Fsp3) is 0.308. The van der Waals surface area contributed by atoms with Gasteiger partial charge in [-0.15, -0.1) is 5.10 Å². The molecule has 98 valence electrons. The highest BCUT2D eigenvalue weighted by atomic mass is 16.5. The molecule has 2 aromatic rings. The van der Waals surface area contributed by atoms with Gasteiger partial charge in [-0.1, -0.05) is 35.5 Å². The normalized spacial score (nSPS) is 17.4. The average Bonchev–Trinajstić information content (AvgIpc) is 2.91. The minimum atomic E-state index is -0.470.